The third-order valence-electron chi connectivity index (χ3n) is 7.04. The molecule has 0 aromatic carbocycles. The van der Waals surface area contributed by atoms with Crippen molar-refractivity contribution in [1.82, 2.24) is 9.80 Å². The highest BCUT2D eigenvalue weighted by Crippen LogP contribution is 2.15. The Balaban J connectivity index is 4.04. The molecule has 0 radical (unpaired) electrons. The number of hydrogen-bond donors (Lipinski definition) is 0. The van der Waals surface area contributed by atoms with Crippen LogP contribution >= 0.6 is 11.8 Å². The van der Waals surface area contributed by atoms with Gasteiger partial charge >= 0.3 is 5.97 Å². The van der Waals surface area contributed by atoms with Crippen molar-refractivity contribution in [3.63, 3.8) is 0 Å². The molecule has 0 heterocycles. The molecule has 0 saturated heterocycles. The van der Waals surface area contributed by atoms with E-state index in [0.29, 0.717) is 13.0 Å². The predicted octanol–water partition coefficient (Wildman–Crippen LogP) is 9.98. The first-order chi connectivity index (χ1) is 20.0. The van der Waals surface area contributed by atoms with Crippen LogP contribution in [0.3, 0.4) is 0 Å². The minimum atomic E-state index is -0.109. The van der Waals surface area contributed by atoms with Crippen LogP contribution in [-0.4, -0.2) is 67.1 Å². The zero-order valence-electron chi connectivity index (χ0n) is 27.3. The highest BCUT2D eigenvalue weighted by atomic mass is 32.2. The van der Waals surface area contributed by atoms with E-state index in [9.17, 15) is 9.59 Å². The van der Waals surface area contributed by atoms with Gasteiger partial charge in [0.15, 0.2) is 0 Å². The van der Waals surface area contributed by atoms with Gasteiger partial charge in [-0.2, -0.15) is 0 Å². The van der Waals surface area contributed by atoms with Crippen molar-refractivity contribution < 1.29 is 14.3 Å². The van der Waals surface area contributed by atoms with Crippen molar-refractivity contribution >= 4 is 23.0 Å². The largest absolute Gasteiger partial charge is 0.461 e. The van der Waals surface area contributed by atoms with Gasteiger partial charge in [0.25, 0.3) is 5.24 Å². The Morgan fingerprint density at radius 3 is 1.83 bits per heavy atom. The highest BCUT2D eigenvalue weighted by Gasteiger charge is 2.13. The van der Waals surface area contributed by atoms with Crippen LogP contribution in [0.4, 0.5) is 4.79 Å². The Morgan fingerprint density at radius 2 is 1.24 bits per heavy atom. The number of esters is 1. The van der Waals surface area contributed by atoms with Crippen LogP contribution in [0.2, 0.25) is 0 Å². The fraction of sp³-hybridized carbons (Fsp3) is 0.771. The molecular weight excluding hydrogens is 528 g/mol. The van der Waals surface area contributed by atoms with Crippen molar-refractivity contribution in [1.29, 1.82) is 0 Å². The topological polar surface area (TPSA) is 49.9 Å². The zero-order valence-corrected chi connectivity index (χ0v) is 28.1. The average Bonchev–Trinajstić information content (AvgIpc) is 2.95. The van der Waals surface area contributed by atoms with E-state index in [2.05, 4.69) is 41.0 Å². The van der Waals surface area contributed by atoms with Crippen LogP contribution in [0.25, 0.3) is 0 Å². The third kappa shape index (κ3) is 29.8. The van der Waals surface area contributed by atoms with Crippen LogP contribution in [0, 0.1) is 0 Å². The number of amides is 1. The summed E-state index contributed by atoms with van der Waals surface area (Å²) in [6, 6.07) is 0. The molecule has 0 unspecified atom stereocenters. The van der Waals surface area contributed by atoms with Crippen molar-refractivity contribution in [2.45, 2.75) is 129 Å². The molecule has 0 rings (SSSR count). The molecule has 0 aliphatic carbocycles. The van der Waals surface area contributed by atoms with E-state index in [-0.39, 0.29) is 11.2 Å². The lowest BCUT2D eigenvalue weighted by atomic mass is 10.1. The molecule has 0 fully saturated rings. The maximum atomic E-state index is 12.9. The van der Waals surface area contributed by atoms with Gasteiger partial charge in [-0.05, 0) is 72.4 Å². The van der Waals surface area contributed by atoms with Gasteiger partial charge in [0.2, 0.25) is 0 Å². The molecule has 0 aliphatic rings. The number of unbranched alkanes of at least 4 members (excludes halogenated alkanes) is 13. The molecular formula is C35H64N2O3S. The van der Waals surface area contributed by atoms with Gasteiger partial charge in [-0.1, -0.05) is 113 Å². The third-order valence-corrected chi connectivity index (χ3v) is 7.93. The van der Waals surface area contributed by atoms with E-state index < -0.39 is 0 Å². The Bertz CT molecular complexity index is 691. The fourth-order valence-electron chi connectivity index (χ4n) is 4.40. The summed E-state index contributed by atoms with van der Waals surface area (Å²) >= 11 is 1.46. The van der Waals surface area contributed by atoms with Crippen molar-refractivity contribution in [2.24, 2.45) is 0 Å². The molecule has 6 heteroatoms. The summed E-state index contributed by atoms with van der Waals surface area (Å²) in [6.45, 7) is 7.19. The Kier molecular flexibility index (Phi) is 30.2. The Morgan fingerprint density at radius 1 is 0.683 bits per heavy atom. The van der Waals surface area contributed by atoms with E-state index in [1.165, 1.54) is 76.0 Å². The molecule has 0 saturated carbocycles. The lowest BCUT2D eigenvalue weighted by molar-refractivity contribution is -0.142. The Labute approximate surface area is 258 Å². The minimum Gasteiger partial charge on any atom is -0.461 e. The average molecular weight is 593 g/mol. The first-order valence-corrected chi connectivity index (χ1v) is 17.6. The van der Waals surface area contributed by atoms with Crippen LogP contribution in [-0.2, 0) is 9.53 Å². The second-order valence-electron chi connectivity index (χ2n) is 11.3. The number of hydrogen-bond acceptors (Lipinski definition) is 5. The number of carbonyl (C=O) groups is 2. The standard InChI is InChI=1S/C35H64N2O3S/c1-5-7-9-10-11-12-13-14-15-16-17-18-19-20-23-26-29-37(35(39)41-33-31-36(3)4)30-27-24-21-22-25-28-34(38)40-32-8-6-2/h6,8,12-13,15-16H,5,7,9-11,14,17-33H2,1-4H3/b8-6-,13-12-,16-15-. The SMILES string of the molecule is C/C=C\COC(=O)CCCCCCCN(CCCCCCC/C=C\C/C=C\CCCCCC)C(=O)SCCN(C)C. The summed E-state index contributed by atoms with van der Waals surface area (Å²) in [7, 11) is 4.10. The molecule has 0 aromatic heterocycles. The smallest absolute Gasteiger partial charge is 0.306 e. The second kappa shape index (κ2) is 31.4. The van der Waals surface area contributed by atoms with Crippen LogP contribution in [0.1, 0.15) is 129 Å². The van der Waals surface area contributed by atoms with Crippen LogP contribution in [0.5, 0.6) is 0 Å². The van der Waals surface area contributed by atoms with E-state index >= 15 is 0 Å². The lowest BCUT2D eigenvalue weighted by Gasteiger charge is -2.22. The van der Waals surface area contributed by atoms with Crippen molar-refractivity contribution in [2.75, 3.05) is 46.1 Å². The summed E-state index contributed by atoms with van der Waals surface area (Å²) < 4.78 is 5.14. The summed E-state index contributed by atoms with van der Waals surface area (Å²) in [5.41, 5.74) is 0. The number of ether oxygens (including phenoxy) is 1. The van der Waals surface area contributed by atoms with Gasteiger partial charge in [0.05, 0.1) is 0 Å². The summed E-state index contributed by atoms with van der Waals surface area (Å²) in [6.07, 6.45) is 33.6. The molecule has 238 valence electrons. The van der Waals surface area contributed by atoms with Gasteiger partial charge in [-0.3, -0.25) is 9.59 Å². The highest BCUT2D eigenvalue weighted by molar-refractivity contribution is 8.13. The maximum absolute atomic E-state index is 12.9. The molecule has 41 heavy (non-hydrogen) atoms. The molecule has 0 bridgehead atoms. The van der Waals surface area contributed by atoms with Gasteiger partial charge in [-0.25, -0.2) is 0 Å². The molecule has 5 nitrogen and oxygen atoms in total. The van der Waals surface area contributed by atoms with Crippen LogP contribution in [0.15, 0.2) is 36.5 Å². The lowest BCUT2D eigenvalue weighted by Crippen LogP contribution is -2.30. The molecule has 0 N–H and O–H groups in total. The van der Waals surface area contributed by atoms with Crippen molar-refractivity contribution in [3.05, 3.63) is 36.5 Å². The number of allylic oxidation sites excluding steroid dienone is 5. The van der Waals surface area contributed by atoms with Gasteiger partial charge in [0.1, 0.15) is 6.61 Å². The first-order valence-electron chi connectivity index (χ1n) is 16.6. The van der Waals surface area contributed by atoms with E-state index in [0.717, 1.165) is 70.3 Å². The molecule has 0 spiro atoms. The van der Waals surface area contributed by atoms with E-state index in [1.54, 1.807) is 0 Å². The van der Waals surface area contributed by atoms with Gasteiger partial charge in [0, 0.05) is 31.8 Å². The summed E-state index contributed by atoms with van der Waals surface area (Å²) in [5, 5.41) is 0.232. The minimum absolute atomic E-state index is 0.109. The number of nitrogens with zero attached hydrogens (tertiary/aromatic N) is 2. The number of rotatable bonds is 28. The number of thioether (sulfide) groups is 1. The summed E-state index contributed by atoms with van der Waals surface area (Å²) in [4.78, 5) is 28.8. The van der Waals surface area contributed by atoms with Gasteiger partial charge in [-0.15, -0.1) is 0 Å². The number of carbonyl (C=O) groups excluding carboxylic acids is 2. The second-order valence-corrected chi connectivity index (χ2v) is 12.3. The first kappa shape index (κ1) is 39.5. The predicted molar refractivity (Wildman–Crippen MR) is 181 cm³/mol. The summed E-state index contributed by atoms with van der Waals surface area (Å²) in [5.74, 6) is 0.733. The fourth-order valence-corrected chi connectivity index (χ4v) is 5.40. The van der Waals surface area contributed by atoms with E-state index in [4.69, 9.17) is 4.74 Å². The Hall–Kier alpha value is -1.53. The van der Waals surface area contributed by atoms with Gasteiger partial charge < -0.3 is 14.5 Å². The maximum Gasteiger partial charge on any atom is 0.306 e. The molecule has 0 aliphatic heterocycles. The monoisotopic (exact) mass is 592 g/mol. The van der Waals surface area contributed by atoms with E-state index in [1.807, 2.05) is 33.2 Å². The molecule has 0 atom stereocenters. The quantitative estimate of drug-likeness (QED) is 0.0514. The normalized spacial score (nSPS) is 11.9. The van der Waals surface area contributed by atoms with Crippen molar-refractivity contribution in [3.8, 4) is 0 Å². The zero-order chi connectivity index (χ0) is 30.2. The molecule has 0 aromatic rings. The van der Waals surface area contributed by atoms with Crippen LogP contribution < -0.4 is 0 Å². The molecule has 1 amide bonds.